The maximum Gasteiger partial charge on any atom is 0.338 e. The van der Waals surface area contributed by atoms with Gasteiger partial charge in [0.2, 0.25) is 0 Å². The molecule has 0 unspecified atom stereocenters. The lowest BCUT2D eigenvalue weighted by molar-refractivity contribution is -0.138. The zero-order chi connectivity index (χ0) is 22.7. The lowest BCUT2D eigenvalue weighted by Gasteiger charge is -2.24. The van der Waals surface area contributed by atoms with Crippen LogP contribution in [0.3, 0.4) is 0 Å². The van der Waals surface area contributed by atoms with Crippen molar-refractivity contribution in [1.82, 2.24) is 4.57 Å². The number of para-hydroxylation sites is 1. The largest absolute Gasteiger partial charge is 0.496 e. The zero-order valence-electron chi connectivity index (χ0n) is 17.8. The van der Waals surface area contributed by atoms with Gasteiger partial charge in [0.1, 0.15) is 12.4 Å². The average Bonchev–Trinajstić information content (AvgIpc) is 3.11. The quantitative estimate of drug-likeness (QED) is 0.431. The SMILES string of the molecule is C=CCOC(=O)C1=C(C)N=c2s/c(=C\c3ccccc3OC)c(=O)n2[C@H]1c1ccccc1. The molecule has 162 valence electrons. The molecule has 1 atom stereocenters. The Balaban J connectivity index is 1.94. The normalized spacial score (nSPS) is 15.7. The van der Waals surface area contributed by atoms with Gasteiger partial charge < -0.3 is 9.47 Å². The number of hydrogen-bond donors (Lipinski definition) is 0. The summed E-state index contributed by atoms with van der Waals surface area (Å²) >= 11 is 1.28. The van der Waals surface area contributed by atoms with E-state index in [2.05, 4.69) is 11.6 Å². The summed E-state index contributed by atoms with van der Waals surface area (Å²) in [5.41, 5.74) is 2.23. The van der Waals surface area contributed by atoms with Crippen LogP contribution >= 0.6 is 11.3 Å². The molecule has 0 aliphatic carbocycles. The van der Waals surface area contributed by atoms with Gasteiger partial charge in [-0.15, -0.1) is 0 Å². The number of rotatable bonds is 6. The smallest absolute Gasteiger partial charge is 0.338 e. The van der Waals surface area contributed by atoms with Gasteiger partial charge in [-0.05, 0) is 24.6 Å². The number of ether oxygens (including phenoxy) is 2. The van der Waals surface area contributed by atoms with E-state index in [9.17, 15) is 9.59 Å². The standard InChI is InChI=1S/C25H22N2O4S/c1-4-14-31-24(29)21-16(2)26-25-27(22(21)17-10-6-5-7-11-17)23(28)20(32-25)15-18-12-8-9-13-19(18)30-3/h4-13,15,22H,1,14H2,2-3H3/b20-15-/t22-/m0/s1. The molecule has 3 aromatic rings. The Hall–Kier alpha value is -3.71. The second-order valence-corrected chi connectivity index (χ2v) is 8.13. The van der Waals surface area contributed by atoms with Crippen molar-refractivity contribution in [2.45, 2.75) is 13.0 Å². The number of carbonyl (C=O) groups excluding carboxylic acids is 1. The number of nitrogens with zero attached hydrogens (tertiary/aromatic N) is 2. The van der Waals surface area contributed by atoms with Gasteiger partial charge in [0, 0.05) is 5.56 Å². The van der Waals surface area contributed by atoms with E-state index >= 15 is 0 Å². The van der Waals surface area contributed by atoms with Crippen LogP contribution in [0.2, 0.25) is 0 Å². The number of methoxy groups -OCH3 is 1. The van der Waals surface area contributed by atoms with E-state index in [1.807, 2.05) is 54.6 Å². The molecule has 7 heteroatoms. The molecule has 0 saturated carbocycles. The van der Waals surface area contributed by atoms with Crippen molar-refractivity contribution in [3.63, 3.8) is 0 Å². The number of benzene rings is 2. The van der Waals surface area contributed by atoms with E-state index < -0.39 is 12.0 Å². The minimum absolute atomic E-state index is 0.0787. The molecule has 32 heavy (non-hydrogen) atoms. The second kappa shape index (κ2) is 9.20. The van der Waals surface area contributed by atoms with E-state index in [1.165, 1.54) is 17.4 Å². The van der Waals surface area contributed by atoms with Crippen LogP contribution < -0.4 is 19.6 Å². The zero-order valence-corrected chi connectivity index (χ0v) is 18.6. The van der Waals surface area contributed by atoms with Crippen LogP contribution in [0.1, 0.15) is 24.1 Å². The van der Waals surface area contributed by atoms with Gasteiger partial charge in [-0.25, -0.2) is 9.79 Å². The molecule has 0 amide bonds. The summed E-state index contributed by atoms with van der Waals surface area (Å²) in [7, 11) is 1.59. The first-order valence-corrected chi connectivity index (χ1v) is 10.9. The molecule has 0 spiro atoms. The van der Waals surface area contributed by atoms with Crippen LogP contribution in [-0.2, 0) is 9.53 Å². The Morgan fingerprint density at radius 3 is 2.62 bits per heavy atom. The van der Waals surface area contributed by atoms with Crippen molar-refractivity contribution < 1.29 is 14.3 Å². The van der Waals surface area contributed by atoms with Gasteiger partial charge in [0.25, 0.3) is 5.56 Å². The minimum atomic E-state index is -0.635. The topological polar surface area (TPSA) is 69.9 Å². The van der Waals surface area contributed by atoms with Gasteiger partial charge in [0.05, 0.1) is 29.0 Å². The summed E-state index contributed by atoms with van der Waals surface area (Å²) < 4.78 is 12.8. The van der Waals surface area contributed by atoms with Crippen molar-refractivity contribution in [2.75, 3.05) is 13.7 Å². The van der Waals surface area contributed by atoms with Crippen molar-refractivity contribution in [3.05, 3.63) is 109 Å². The van der Waals surface area contributed by atoms with Gasteiger partial charge >= 0.3 is 5.97 Å². The minimum Gasteiger partial charge on any atom is -0.496 e. The summed E-state index contributed by atoms with van der Waals surface area (Å²) in [6.07, 6.45) is 3.30. The van der Waals surface area contributed by atoms with E-state index in [0.29, 0.717) is 26.4 Å². The summed E-state index contributed by atoms with van der Waals surface area (Å²) in [6, 6.07) is 16.3. The third kappa shape index (κ3) is 3.94. The first-order valence-electron chi connectivity index (χ1n) is 10.0. The molecule has 0 fully saturated rings. The highest BCUT2D eigenvalue weighted by Gasteiger charge is 2.33. The maximum atomic E-state index is 13.5. The number of carbonyl (C=O) groups is 1. The fourth-order valence-corrected chi connectivity index (χ4v) is 4.71. The molecule has 1 aliphatic heterocycles. The molecular weight excluding hydrogens is 424 g/mol. The Labute approximate surface area is 189 Å². The Kier molecular flexibility index (Phi) is 6.18. The first kappa shape index (κ1) is 21.5. The number of fused-ring (bicyclic) bond motifs is 1. The molecule has 0 N–H and O–H groups in total. The molecule has 0 radical (unpaired) electrons. The fourth-order valence-electron chi connectivity index (χ4n) is 3.67. The Bertz CT molecular complexity index is 1380. The van der Waals surface area contributed by atoms with Gasteiger partial charge in [-0.3, -0.25) is 9.36 Å². The lowest BCUT2D eigenvalue weighted by atomic mass is 9.96. The highest BCUT2D eigenvalue weighted by molar-refractivity contribution is 7.07. The molecule has 0 saturated heterocycles. The number of aromatic nitrogens is 1. The van der Waals surface area contributed by atoms with Crippen molar-refractivity contribution in [3.8, 4) is 5.75 Å². The van der Waals surface area contributed by atoms with Crippen LogP contribution in [-0.4, -0.2) is 24.3 Å². The maximum absolute atomic E-state index is 13.5. The number of thiazole rings is 1. The van der Waals surface area contributed by atoms with Crippen molar-refractivity contribution in [1.29, 1.82) is 0 Å². The molecule has 2 aromatic carbocycles. The number of allylic oxidation sites excluding steroid dienone is 1. The molecule has 0 bridgehead atoms. The Morgan fingerprint density at radius 2 is 1.91 bits per heavy atom. The van der Waals surface area contributed by atoms with Crippen LogP contribution in [0.4, 0.5) is 0 Å². The molecule has 4 rings (SSSR count). The van der Waals surface area contributed by atoms with E-state index in [0.717, 1.165) is 11.1 Å². The first-order chi connectivity index (χ1) is 15.5. The number of hydrogen-bond acceptors (Lipinski definition) is 6. The highest BCUT2D eigenvalue weighted by atomic mass is 32.1. The third-order valence-corrected chi connectivity index (χ3v) is 6.10. The Morgan fingerprint density at radius 1 is 1.19 bits per heavy atom. The van der Waals surface area contributed by atoms with Crippen LogP contribution in [0.5, 0.6) is 5.75 Å². The molecule has 1 aromatic heterocycles. The average molecular weight is 447 g/mol. The lowest BCUT2D eigenvalue weighted by Crippen LogP contribution is -2.39. The molecule has 1 aliphatic rings. The molecular formula is C25H22N2O4S. The van der Waals surface area contributed by atoms with Crippen molar-refractivity contribution >= 4 is 23.4 Å². The predicted molar refractivity (Wildman–Crippen MR) is 124 cm³/mol. The van der Waals surface area contributed by atoms with Gasteiger partial charge in [-0.2, -0.15) is 0 Å². The van der Waals surface area contributed by atoms with Crippen LogP contribution in [0.15, 0.2) is 88.3 Å². The summed E-state index contributed by atoms with van der Waals surface area (Å²) in [6.45, 7) is 5.44. The number of esters is 1. The van der Waals surface area contributed by atoms with E-state index in [4.69, 9.17) is 9.47 Å². The van der Waals surface area contributed by atoms with Gasteiger partial charge in [-0.1, -0.05) is 72.5 Å². The van der Waals surface area contributed by atoms with Crippen molar-refractivity contribution in [2.24, 2.45) is 4.99 Å². The highest BCUT2D eigenvalue weighted by Crippen LogP contribution is 2.30. The second-order valence-electron chi connectivity index (χ2n) is 7.12. The van der Waals surface area contributed by atoms with E-state index in [1.54, 1.807) is 24.7 Å². The van der Waals surface area contributed by atoms with Crippen LogP contribution in [0.25, 0.3) is 6.08 Å². The summed E-state index contributed by atoms with van der Waals surface area (Å²) in [4.78, 5) is 31.6. The monoisotopic (exact) mass is 446 g/mol. The predicted octanol–water partition coefficient (Wildman–Crippen LogP) is 2.97. The van der Waals surface area contributed by atoms with E-state index in [-0.39, 0.29) is 12.2 Å². The molecule has 2 heterocycles. The molecule has 6 nitrogen and oxygen atoms in total. The summed E-state index contributed by atoms with van der Waals surface area (Å²) in [5.74, 6) is 0.154. The van der Waals surface area contributed by atoms with Gasteiger partial charge in [0.15, 0.2) is 4.80 Å². The third-order valence-electron chi connectivity index (χ3n) is 5.11. The fraction of sp³-hybridized carbons (Fsp3) is 0.160. The van der Waals surface area contributed by atoms with Crippen LogP contribution in [0, 0.1) is 0 Å². The summed E-state index contributed by atoms with van der Waals surface area (Å²) in [5, 5.41) is 0.